The highest BCUT2D eigenvalue weighted by Crippen LogP contribution is 2.33. The van der Waals surface area contributed by atoms with Gasteiger partial charge in [0, 0.05) is 37.5 Å². The number of piperidine rings is 1. The van der Waals surface area contributed by atoms with E-state index in [1.165, 1.54) is 0 Å². The molecule has 1 aromatic carbocycles. The van der Waals surface area contributed by atoms with Crippen molar-refractivity contribution < 1.29 is 18.8 Å². The normalized spacial score (nSPS) is 18.1. The van der Waals surface area contributed by atoms with E-state index in [-0.39, 0.29) is 18.6 Å². The van der Waals surface area contributed by atoms with E-state index >= 15 is 0 Å². The van der Waals surface area contributed by atoms with Crippen LogP contribution in [0, 0.1) is 5.92 Å². The fourth-order valence-electron chi connectivity index (χ4n) is 3.73. The monoisotopic (exact) mass is 393 g/mol. The standard InChI is InChI=1S/C20H19N5O4/c26-20(14-3-4-16-17(9-14)28-12-27-16)25-7-1-2-13(11-25)8-18-23-19(24-29-18)15-10-21-5-6-22-15/h3-6,9-10,13H,1-2,7-8,11-12H2. The van der Waals surface area contributed by atoms with Gasteiger partial charge in [-0.25, -0.2) is 4.98 Å². The number of amides is 1. The van der Waals surface area contributed by atoms with E-state index < -0.39 is 0 Å². The lowest BCUT2D eigenvalue weighted by atomic mass is 9.94. The van der Waals surface area contributed by atoms with Crippen LogP contribution in [0.25, 0.3) is 11.5 Å². The number of likely N-dealkylation sites (tertiary alicyclic amines) is 1. The Balaban J connectivity index is 1.25. The second kappa shape index (κ2) is 7.50. The van der Waals surface area contributed by atoms with E-state index in [2.05, 4.69) is 20.1 Å². The van der Waals surface area contributed by atoms with Crippen molar-refractivity contribution in [3.05, 3.63) is 48.2 Å². The topological polar surface area (TPSA) is 103 Å². The van der Waals surface area contributed by atoms with Crippen LogP contribution in [0.15, 0.2) is 41.3 Å². The van der Waals surface area contributed by atoms with Gasteiger partial charge in [-0.05, 0) is 37.0 Å². The average Bonchev–Trinajstić information content (AvgIpc) is 3.43. The molecule has 0 radical (unpaired) electrons. The largest absolute Gasteiger partial charge is 0.454 e. The fourth-order valence-corrected chi connectivity index (χ4v) is 3.73. The molecule has 29 heavy (non-hydrogen) atoms. The molecule has 0 saturated carbocycles. The number of hydrogen-bond donors (Lipinski definition) is 0. The van der Waals surface area contributed by atoms with E-state index in [1.54, 1.807) is 36.8 Å². The molecule has 148 valence electrons. The van der Waals surface area contributed by atoms with Gasteiger partial charge in [-0.1, -0.05) is 5.16 Å². The maximum absolute atomic E-state index is 12.9. The fraction of sp³-hybridized carbons (Fsp3) is 0.350. The predicted molar refractivity (Wildman–Crippen MR) is 100 cm³/mol. The van der Waals surface area contributed by atoms with Gasteiger partial charge < -0.3 is 18.9 Å². The molecule has 1 unspecified atom stereocenters. The highest BCUT2D eigenvalue weighted by Gasteiger charge is 2.27. The first-order chi connectivity index (χ1) is 14.3. The molecule has 2 aliphatic rings. The zero-order valence-corrected chi connectivity index (χ0v) is 15.7. The van der Waals surface area contributed by atoms with E-state index in [0.29, 0.717) is 47.4 Å². The molecule has 1 saturated heterocycles. The Hall–Kier alpha value is -3.49. The summed E-state index contributed by atoms with van der Waals surface area (Å²) in [5.74, 6) is 2.53. The molecule has 1 atom stereocenters. The number of fused-ring (bicyclic) bond motifs is 1. The summed E-state index contributed by atoms with van der Waals surface area (Å²) in [4.78, 5) is 27.5. The minimum atomic E-state index is -0.00113. The van der Waals surface area contributed by atoms with Crippen LogP contribution in [0.5, 0.6) is 11.5 Å². The van der Waals surface area contributed by atoms with Crippen molar-refractivity contribution in [3.63, 3.8) is 0 Å². The Morgan fingerprint density at radius 2 is 2.14 bits per heavy atom. The lowest BCUT2D eigenvalue weighted by Crippen LogP contribution is -2.40. The van der Waals surface area contributed by atoms with Gasteiger partial charge >= 0.3 is 0 Å². The van der Waals surface area contributed by atoms with Crippen molar-refractivity contribution in [2.45, 2.75) is 19.3 Å². The van der Waals surface area contributed by atoms with Crippen molar-refractivity contribution in [1.82, 2.24) is 25.0 Å². The van der Waals surface area contributed by atoms with Crippen LogP contribution in [-0.2, 0) is 6.42 Å². The van der Waals surface area contributed by atoms with Crippen LogP contribution in [0.4, 0.5) is 0 Å². The Bertz CT molecular complexity index is 1020. The number of ether oxygens (including phenoxy) is 2. The van der Waals surface area contributed by atoms with Crippen LogP contribution in [-0.4, -0.2) is 50.8 Å². The van der Waals surface area contributed by atoms with Gasteiger partial charge in [-0.15, -0.1) is 0 Å². The minimum Gasteiger partial charge on any atom is -0.454 e. The predicted octanol–water partition coefficient (Wildman–Crippen LogP) is 2.35. The first-order valence-electron chi connectivity index (χ1n) is 9.54. The first kappa shape index (κ1) is 17.6. The second-order valence-corrected chi connectivity index (χ2v) is 7.13. The smallest absolute Gasteiger partial charge is 0.254 e. The van der Waals surface area contributed by atoms with E-state index in [1.807, 2.05) is 4.90 Å². The number of hydrogen-bond acceptors (Lipinski definition) is 8. The SMILES string of the molecule is O=C(c1ccc2c(c1)OCO2)N1CCCC(Cc2nc(-c3cnccn3)no2)C1. The molecule has 1 fully saturated rings. The highest BCUT2D eigenvalue weighted by molar-refractivity contribution is 5.95. The third-order valence-corrected chi connectivity index (χ3v) is 5.15. The lowest BCUT2D eigenvalue weighted by molar-refractivity contribution is 0.0667. The summed E-state index contributed by atoms with van der Waals surface area (Å²) < 4.78 is 16.1. The van der Waals surface area contributed by atoms with E-state index in [0.717, 1.165) is 19.4 Å². The third kappa shape index (κ3) is 3.63. The van der Waals surface area contributed by atoms with Crippen LogP contribution < -0.4 is 9.47 Å². The number of carbonyl (C=O) groups is 1. The molecule has 0 aliphatic carbocycles. The van der Waals surface area contributed by atoms with Crippen molar-refractivity contribution in [1.29, 1.82) is 0 Å². The Morgan fingerprint density at radius 3 is 3.03 bits per heavy atom. The van der Waals surface area contributed by atoms with E-state index in [9.17, 15) is 4.79 Å². The molecule has 2 aliphatic heterocycles. The van der Waals surface area contributed by atoms with Crippen LogP contribution in [0.3, 0.4) is 0 Å². The summed E-state index contributed by atoms with van der Waals surface area (Å²) in [6, 6.07) is 5.31. The molecule has 0 N–H and O–H groups in total. The van der Waals surface area contributed by atoms with Crippen molar-refractivity contribution in [3.8, 4) is 23.0 Å². The van der Waals surface area contributed by atoms with Gasteiger partial charge in [0.1, 0.15) is 5.69 Å². The highest BCUT2D eigenvalue weighted by atomic mass is 16.7. The van der Waals surface area contributed by atoms with E-state index in [4.69, 9.17) is 14.0 Å². The van der Waals surface area contributed by atoms with Gasteiger partial charge in [0.15, 0.2) is 11.5 Å². The number of aromatic nitrogens is 4. The molecular formula is C20H19N5O4. The molecular weight excluding hydrogens is 374 g/mol. The number of rotatable bonds is 4. The quantitative estimate of drug-likeness (QED) is 0.665. The summed E-state index contributed by atoms with van der Waals surface area (Å²) >= 11 is 0. The maximum atomic E-state index is 12.9. The van der Waals surface area contributed by atoms with Gasteiger partial charge in [0.2, 0.25) is 18.5 Å². The Labute approximate surface area is 166 Å². The Morgan fingerprint density at radius 1 is 1.21 bits per heavy atom. The van der Waals surface area contributed by atoms with Gasteiger partial charge in [0.25, 0.3) is 5.91 Å². The number of nitrogens with zero attached hydrogens (tertiary/aromatic N) is 5. The molecule has 1 amide bonds. The molecule has 5 rings (SSSR count). The van der Waals surface area contributed by atoms with Crippen molar-refractivity contribution in [2.75, 3.05) is 19.9 Å². The summed E-state index contributed by atoms with van der Waals surface area (Å²) in [6.07, 6.45) is 7.35. The molecule has 0 spiro atoms. The molecule has 9 heteroatoms. The maximum Gasteiger partial charge on any atom is 0.254 e. The molecule has 4 heterocycles. The van der Waals surface area contributed by atoms with Gasteiger partial charge in [0.05, 0.1) is 6.20 Å². The van der Waals surface area contributed by atoms with Crippen molar-refractivity contribution >= 4 is 5.91 Å². The summed E-state index contributed by atoms with van der Waals surface area (Å²) in [5, 5.41) is 3.99. The molecule has 0 bridgehead atoms. The zero-order chi connectivity index (χ0) is 19.6. The van der Waals surface area contributed by atoms with Crippen LogP contribution in [0.1, 0.15) is 29.1 Å². The van der Waals surface area contributed by atoms with Gasteiger partial charge in [-0.3, -0.25) is 9.78 Å². The van der Waals surface area contributed by atoms with Crippen molar-refractivity contribution in [2.24, 2.45) is 5.92 Å². The minimum absolute atomic E-state index is 0.00113. The number of benzene rings is 1. The summed E-state index contributed by atoms with van der Waals surface area (Å²) in [7, 11) is 0. The summed E-state index contributed by atoms with van der Waals surface area (Å²) in [5.41, 5.74) is 1.18. The second-order valence-electron chi connectivity index (χ2n) is 7.13. The summed E-state index contributed by atoms with van der Waals surface area (Å²) in [6.45, 7) is 1.58. The van der Waals surface area contributed by atoms with Crippen LogP contribution >= 0.6 is 0 Å². The number of carbonyl (C=O) groups excluding carboxylic acids is 1. The third-order valence-electron chi connectivity index (χ3n) is 5.15. The van der Waals surface area contributed by atoms with Crippen LogP contribution in [0.2, 0.25) is 0 Å². The lowest BCUT2D eigenvalue weighted by Gasteiger charge is -2.32. The molecule has 3 aromatic rings. The molecule has 9 nitrogen and oxygen atoms in total. The average molecular weight is 393 g/mol. The Kier molecular flexibility index (Phi) is 4.55. The van der Waals surface area contributed by atoms with Gasteiger partial charge in [-0.2, -0.15) is 4.98 Å². The first-order valence-corrected chi connectivity index (χ1v) is 9.54. The molecule has 2 aromatic heterocycles. The zero-order valence-electron chi connectivity index (χ0n) is 15.7.